The summed E-state index contributed by atoms with van der Waals surface area (Å²) in [6.45, 7) is 12.6. The highest BCUT2D eigenvalue weighted by atomic mass is 35.5. The quantitative estimate of drug-likeness (QED) is 0.316. The van der Waals surface area contributed by atoms with Crippen LogP contribution >= 0.6 is 23.2 Å². The van der Waals surface area contributed by atoms with Crippen molar-refractivity contribution in [1.29, 1.82) is 0 Å². The standard InChI is InChI=1S/C30H28B2Cl2/c1-17-15-19(3)29(33)21(5)27(17)31-25-11-7-23(8-12-25)24-9-13-26(14-10-24)32-28-18(2)16-20(4)30(34)22(28)6/h7-16H,1-6H3/q-2. The van der Waals surface area contributed by atoms with Crippen LogP contribution in [0.5, 0.6) is 0 Å². The second-order valence-corrected chi connectivity index (χ2v) is 10.0. The van der Waals surface area contributed by atoms with Crippen LogP contribution in [-0.4, -0.2) is 14.6 Å². The number of aryl methyl sites for hydroxylation is 4. The fraction of sp³-hybridized carbons (Fsp3) is 0.200. The predicted octanol–water partition coefficient (Wildman–Crippen LogP) is 5.82. The molecule has 4 heteroatoms. The number of hydrogen-bond donors (Lipinski definition) is 0. The molecule has 0 amide bonds. The number of halogens is 2. The van der Waals surface area contributed by atoms with Gasteiger partial charge in [0.15, 0.2) is 0 Å². The normalized spacial score (nSPS) is 11.2. The molecule has 0 spiro atoms. The third kappa shape index (κ3) is 4.99. The van der Waals surface area contributed by atoms with E-state index in [0.717, 1.165) is 32.3 Å². The Bertz CT molecular complexity index is 1250. The van der Waals surface area contributed by atoms with Crippen molar-refractivity contribution in [1.82, 2.24) is 0 Å². The molecule has 4 aromatic carbocycles. The number of hydrogen-bond acceptors (Lipinski definition) is 0. The molecule has 0 aromatic heterocycles. The summed E-state index contributed by atoms with van der Waals surface area (Å²) in [4.78, 5) is 0. The van der Waals surface area contributed by atoms with Crippen molar-refractivity contribution in [2.75, 3.05) is 0 Å². The van der Waals surface area contributed by atoms with E-state index in [1.807, 2.05) is 0 Å². The maximum atomic E-state index is 6.49. The number of rotatable bonds is 5. The van der Waals surface area contributed by atoms with Gasteiger partial charge in [0.1, 0.15) is 0 Å². The van der Waals surface area contributed by atoms with Crippen LogP contribution in [0.2, 0.25) is 10.0 Å². The van der Waals surface area contributed by atoms with Gasteiger partial charge in [-0.1, -0.05) is 81.9 Å². The van der Waals surface area contributed by atoms with E-state index in [1.54, 1.807) is 0 Å². The number of benzene rings is 4. The first-order chi connectivity index (χ1) is 16.2. The lowest BCUT2D eigenvalue weighted by Crippen LogP contribution is -2.31. The van der Waals surface area contributed by atoms with Crippen molar-refractivity contribution >= 4 is 59.6 Å². The van der Waals surface area contributed by atoms with Gasteiger partial charge in [0.25, 0.3) is 0 Å². The average Bonchev–Trinajstić information content (AvgIpc) is 2.82. The third-order valence-corrected chi connectivity index (χ3v) is 7.81. The van der Waals surface area contributed by atoms with Crippen molar-refractivity contribution < 1.29 is 0 Å². The molecule has 0 heterocycles. The molecule has 0 fully saturated rings. The van der Waals surface area contributed by atoms with E-state index in [9.17, 15) is 0 Å². The fourth-order valence-electron chi connectivity index (χ4n) is 4.67. The lowest BCUT2D eigenvalue weighted by molar-refractivity contribution is 1.35. The maximum absolute atomic E-state index is 6.49. The van der Waals surface area contributed by atoms with Crippen LogP contribution in [0, 0.1) is 41.5 Å². The molecule has 0 aliphatic carbocycles. The maximum Gasteiger partial charge on any atom is 0.0431 e. The first-order valence-electron chi connectivity index (χ1n) is 11.6. The lowest BCUT2D eigenvalue weighted by Gasteiger charge is -2.26. The van der Waals surface area contributed by atoms with Crippen LogP contribution in [0.15, 0.2) is 60.7 Å². The van der Waals surface area contributed by atoms with Crippen molar-refractivity contribution in [2.45, 2.75) is 41.5 Å². The van der Waals surface area contributed by atoms with E-state index >= 15 is 0 Å². The zero-order chi connectivity index (χ0) is 24.6. The highest BCUT2D eigenvalue weighted by Gasteiger charge is 2.04. The molecule has 4 aromatic rings. The van der Waals surface area contributed by atoms with Gasteiger partial charge >= 0.3 is 0 Å². The van der Waals surface area contributed by atoms with Crippen LogP contribution in [0.1, 0.15) is 33.4 Å². The first kappa shape index (κ1) is 24.7. The summed E-state index contributed by atoms with van der Waals surface area (Å²) in [5.41, 5.74) is 14.1. The van der Waals surface area contributed by atoms with Crippen LogP contribution in [0.25, 0.3) is 11.1 Å². The molecule has 0 unspecified atom stereocenters. The molecule has 0 bridgehead atoms. The Labute approximate surface area is 215 Å². The van der Waals surface area contributed by atoms with Crippen LogP contribution in [-0.2, 0) is 0 Å². The smallest absolute Gasteiger partial charge is 0.0431 e. The second-order valence-electron chi connectivity index (χ2n) is 9.26. The van der Waals surface area contributed by atoms with Gasteiger partial charge in [0.05, 0.1) is 0 Å². The van der Waals surface area contributed by atoms with Gasteiger partial charge < -0.3 is 0 Å². The highest BCUT2D eigenvalue weighted by Crippen LogP contribution is 2.21. The summed E-state index contributed by atoms with van der Waals surface area (Å²) >= 11 is 13.0. The molecule has 0 aliphatic heterocycles. The molecular weight excluding hydrogens is 453 g/mol. The minimum Gasteiger partial charge on any atom is -0.275 e. The van der Waals surface area contributed by atoms with Crippen molar-refractivity contribution in [2.24, 2.45) is 0 Å². The van der Waals surface area contributed by atoms with Crippen LogP contribution < -0.4 is 21.9 Å². The van der Waals surface area contributed by atoms with Gasteiger partial charge in [-0.25, -0.2) is 0 Å². The topological polar surface area (TPSA) is 0 Å². The summed E-state index contributed by atoms with van der Waals surface area (Å²) in [7, 11) is 4.43. The Hall–Kier alpha value is -2.41. The van der Waals surface area contributed by atoms with Gasteiger partial charge in [-0.05, 0) is 63.8 Å². The van der Waals surface area contributed by atoms with Gasteiger partial charge in [-0.3, -0.25) is 36.4 Å². The summed E-state index contributed by atoms with van der Waals surface area (Å²) in [5, 5.41) is 1.70. The van der Waals surface area contributed by atoms with E-state index in [4.69, 9.17) is 23.2 Å². The molecule has 0 saturated carbocycles. The Morgan fingerprint density at radius 3 is 1.12 bits per heavy atom. The van der Waals surface area contributed by atoms with Crippen molar-refractivity contribution in [3.8, 4) is 11.1 Å². The SMILES string of the molecule is Cc1cc(C)c([B-]c2ccc(-c3ccc([B-]c4c(C)cc(C)c(Cl)c4C)cc3)cc2)c(C)c1Cl. The second kappa shape index (κ2) is 10.1. The van der Waals surface area contributed by atoms with Gasteiger partial charge in [0.2, 0.25) is 0 Å². The Morgan fingerprint density at radius 2 is 0.794 bits per heavy atom. The van der Waals surface area contributed by atoms with Gasteiger partial charge in [0, 0.05) is 10.0 Å². The van der Waals surface area contributed by atoms with Crippen molar-refractivity contribution in [3.63, 3.8) is 0 Å². The molecule has 4 radical (unpaired) electrons. The van der Waals surface area contributed by atoms with Crippen LogP contribution in [0.3, 0.4) is 0 Å². The first-order valence-corrected chi connectivity index (χ1v) is 12.3. The van der Waals surface area contributed by atoms with E-state index in [0.29, 0.717) is 0 Å². The minimum absolute atomic E-state index is 0.851. The summed E-state index contributed by atoms with van der Waals surface area (Å²) in [6, 6.07) is 21.7. The Morgan fingerprint density at radius 1 is 0.471 bits per heavy atom. The van der Waals surface area contributed by atoms with Crippen LogP contribution in [0.4, 0.5) is 0 Å². The fourth-order valence-corrected chi connectivity index (χ4v) is 4.99. The van der Waals surface area contributed by atoms with E-state index in [-0.39, 0.29) is 0 Å². The van der Waals surface area contributed by atoms with E-state index in [2.05, 4.69) is 117 Å². The zero-order valence-corrected chi connectivity index (χ0v) is 22.2. The molecule has 0 N–H and O–H groups in total. The molecule has 34 heavy (non-hydrogen) atoms. The zero-order valence-electron chi connectivity index (χ0n) is 20.7. The molecule has 0 atom stereocenters. The Balaban J connectivity index is 1.52. The molecule has 170 valence electrons. The molecule has 0 aliphatic rings. The predicted molar refractivity (Wildman–Crippen MR) is 153 cm³/mol. The largest absolute Gasteiger partial charge is 0.275 e. The monoisotopic (exact) mass is 480 g/mol. The third-order valence-electron chi connectivity index (χ3n) is 6.65. The summed E-state index contributed by atoms with van der Waals surface area (Å²) in [5.74, 6) is 0. The minimum atomic E-state index is 0.851. The molecule has 0 saturated heterocycles. The van der Waals surface area contributed by atoms with E-state index in [1.165, 1.54) is 44.1 Å². The summed E-state index contributed by atoms with van der Waals surface area (Å²) < 4.78 is 0. The highest BCUT2D eigenvalue weighted by molar-refractivity contribution is 6.69. The van der Waals surface area contributed by atoms with Gasteiger partial charge in [-0.2, -0.15) is 0 Å². The Kier molecular flexibility index (Phi) is 7.31. The summed E-state index contributed by atoms with van der Waals surface area (Å²) in [6.07, 6.45) is 0. The van der Waals surface area contributed by atoms with Gasteiger partial charge in [-0.15, -0.1) is 24.3 Å². The molecule has 4 rings (SSSR count). The lowest BCUT2D eigenvalue weighted by atomic mass is 9.60. The molecular formula is C30H28B2Cl2-2. The van der Waals surface area contributed by atoms with E-state index < -0.39 is 0 Å². The average molecular weight is 481 g/mol. The van der Waals surface area contributed by atoms with Crippen molar-refractivity contribution in [3.05, 3.63) is 104 Å². The molecule has 0 nitrogen and oxygen atoms in total.